The van der Waals surface area contributed by atoms with Gasteiger partial charge in [-0.3, -0.25) is 4.79 Å². The van der Waals surface area contributed by atoms with Gasteiger partial charge < -0.3 is 5.73 Å². The molecule has 1 saturated carbocycles. The van der Waals surface area contributed by atoms with Gasteiger partial charge in [0.05, 0.1) is 5.69 Å². The molecule has 1 aromatic heterocycles. The lowest BCUT2D eigenvalue weighted by Gasteiger charge is -2.26. The fraction of sp³-hybridized carbons (Fsp3) is 0.500. The van der Waals surface area contributed by atoms with Crippen LogP contribution < -0.4 is 16.1 Å². The van der Waals surface area contributed by atoms with Crippen LogP contribution in [0.4, 0.5) is 5.69 Å². The third kappa shape index (κ3) is 3.47. The first kappa shape index (κ1) is 17.3. The van der Waals surface area contributed by atoms with E-state index in [2.05, 4.69) is 29.4 Å². The third-order valence-electron chi connectivity index (χ3n) is 3.92. The van der Waals surface area contributed by atoms with Crippen molar-refractivity contribution in [2.45, 2.75) is 33.1 Å². The minimum absolute atomic E-state index is 0.0249. The molecule has 22 heavy (non-hydrogen) atoms. The van der Waals surface area contributed by atoms with Crippen molar-refractivity contribution in [1.82, 2.24) is 5.43 Å². The van der Waals surface area contributed by atoms with Gasteiger partial charge in [-0.1, -0.05) is 43.5 Å². The molecule has 120 valence electrons. The van der Waals surface area contributed by atoms with E-state index in [4.69, 9.17) is 40.5 Å². The SMILES string of the molecule is C[C@H]1CCC[C@H](C)C1=NNC(=O)c1[nH+]c(Cl)c(Cl)c(N)c1Cl. The van der Waals surface area contributed by atoms with E-state index in [-0.39, 0.29) is 26.6 Å². The number of hydrogen-bond donors (Lipinski definition) is 2. The standard InChI is InChI=1S/C14H17Cl3N4O/c1-6-4-3-5-7(2)11(6)20-21-14(22)12-8(15)10(18)9(16)13(17)19-12/h6-7H,3-5H2,1-2H3,(H2,18,19)(H,21,22)/p+1/t6-,7-/m0/s1. The number of carbonyl (C=O) groups is 1. The Hall–Kier alpha value is -1.04. The summed E-state index contributed by atoms with van der Waals surface area (Å²) in [5, 5.41) is 4.43. The average molecular weight is 365 g/mol. The highest BCUT2D eigenvalue weighted by Crippen LogP contribution is 2.32. The average Bonchev–Trinajstić information content (AvgIpc) is 2.48. The molecular formula is C14H18Cl3N4O+. The van der Waals surface area contributed by atoms with Gasteiger partial charge in [-0.15, -0.1) is 0 Å². The van der Waals surface area contributed by atoms with Crippen LogP contribution in [-0.2, 0) is 0 Å². The molecule has 1 aliphatic carbocycles. The normalized spacial score (nSPS) is 21.6. The Labute approximate surface area is 144 Å². The monoisotopic (exact) mass is 363 g/mol. The largest absolute Gasteiger partial charge is 0.396 e. The summed E-state index contributed by atoms with van der Waals surface area (Å²) in [6.45, 7) is 4.22. The van der Waals surface area contributed by atoms with Crippen molar-refractivity contribution >= 4 is 52.1 Å². The van der Waals surface area contributed by atoms with Gasteiger partial charge in [0.25, 0.3) is 10.8 Å². The van der Waals surface area contributed by atoms with E-state index in [1.54, 1.807) is 0 Å². The molecule has 0 aliphatic heterocycles. The predicted molar refractivity (Wildman–Crippen MR) is 89.5 cm³/mol. The maximum atomic E-state index is 12.2. The molecule has 4 N–H and O–H groups in total. The zero-order chi connectivity index (χ0) is 16.4. The number of nitrogen functional groups attached to an aromatic ring is 1. The molecular weight excluding hydrogens is 347 g/mol. The number of halogens is 3. The first-order chi connectivity index (χ1) is 10.3. The Morgan fingerprint density at radius 1 is 1.23 bits per heavy atom. The van der Waals surface area contributed by atoms with E-state index < -0.39 is 5.91 Å². The molecule has 0 spiro atoms. The van der Waals surface area contributed by atoms with Gasteiger partial charge in [0.2, 0.25) is 0 Å². The van der Waals surface area contributed by atoms with E-state index in [0.717, 1.165) is 18.6 Å². The van der Waals surface area contributed by atoms with E-state index in [1.165, 1.54) is 6.42 Å². The molecule has 0 bridgehead atoms. The third-order valence-corrected chi connectivity index (χ3v) is 5.08. The number of aromatic amines is 1. The van der Waals surface area contributed by atoms with E-state index in [1.807, 2.05) is 0 Å². The number of hydrazone groups is 1. The van der Waals surface area contributed by atoms with Crippen molar-refractivity contribution in [2.24, 2.45) is 16.9 Å². The first-order valence-corrected chi connectivity index (χ1v) is 8.19. The molecule has 1 amide bonds. The molecule has 1 fully saturated rings. The highest BCUT2D eigenvalue weighted by molar-refractivity contribution is 6.45. The molecule has 0 saturated heterocycles. The second-order valence-electron chi connectivity index (χ2n) is 5.57. The van der Waals surface area contributed by atoms with Crippen molar-refractivity contribution in [1.29, 1.82) is 0 Å². The van der Waals surface area contributed by atoms with Gasteiger partial charge in [-0.25, -0.2) is 5.43 Å². The van der Waals surface area contributed by atoms with Crippen molar-refractivity contribution in [2.75, 3.05) is 5.73 Å². The summed E-state index contributed by atoms with van der Waals surface area (Å²) >= 11 is 17.8. The van der Waals surface area contributed by atoms with Crippen LogP contribution in [-0.4, -0.2) is 11.6 Å². The zero-order valence-corrected chi connectivity index (χ0v) is 14.6. The highest BCUT2D eigenvalue weighted by Gasteiger charge is 2.27. The molecule has 0 aromatic carbocycles. The predicted octanol–water partition coefficient (Wildman–Crippen LogP) is 3.59. The van der Waals surface area contributed by atoms with Gasteiger partial charge in [0, 0.05) is 5.71 Å². The van der Waals surface area contributed by atoms with Gasteiger partial charge in [-0.2, -0.15) is 10.1 Å². The number of amides is 1. The molecule has 0 radical (unpaired) electrons. The van der Waals surface area contributed by atoms with Gasteiger partial charge in [0.15, 0.2) is 0 Å². The molecule has 1 heterocycles. The maximum absolute atomic E-state index is 12.2. The number of nitrogens with zero attached hydrogens (tertiary/aromatic N) is 1. The van der Waals surface area contributed by atoms with E-state index in [9.17, 15) is 4.79 Å². The summed E-state index contributed by atoms with van der Waals surface area (Å²) in [7, 11) is 0. The molecule has 1 aliphatic rings. The number of hydrogen-bond acceptors (Lipinski definition) is 3. The molecule has 5 nitrogen and oxygen atoms in total. The fourth-order valence-corrected chi connectivity index (χ4v) is 3.24. The van der Waals surface area contributed by atoms with Gasteiger partial charge in [0.1, 0.15) is 10.0 Å². The minimum atomic E-state index is -0.507. The van der Waals surface area contributed by atoms with Crippen molar-refractivity contribution in [3.63, 3.8) is 0 Å². The Balaban J connectivity index is 2.23. The smallest absolute Gasteiger partial charge is 0.337 e. The topological polar surface area (TPSA) is 81.6 Å². The number of anilines is 1. The van der Waals surface area contributed by atoms with Crippen molar-refractivity contribution in [3.8, 4) is 0 Å². The summed E-state index contributed by atoms with van der Waals surface area (Å²) in [5.41, 5.74) is 9.33. The molecule has 1 aromatic rings. The summed E-state index contributed by atoms with van der Waals surface area (Å²) in [6.07, 6.45) is 3.33. The van der Waals surface area contributed by atoms with E-state index >= 15 is 0 Å². The van der Waals surface area contributed by atoms with Crippen LogP contribution in [0.25, 0.3) is 0 Å². The minimum Gasteiger partial charge on any atom is -0.396 e. The number of aromatic nitrogens is 1. The van der Waals surface area contributed by atoms with Crippen LogP contribution >= 0.6 is 34.8 Å². The quantitative estimate of drug-likeness (QED) is 0.621. The summed E-state index contributed by atoms with van der Waals surface area (Å²) in [5.74, 6) is 0.192. The second kappa shape index (κ2) is 7.02. The number of H-pyrrole nitrogens is 1. The number of nitrogens with one attached hydrogen (secondary N) is 2. The lowest BCUT2D eigenvalue weighted by atomic mass is 9.81. The Kier molecular flexibility index (Phi) is 5.53. The van der Waals surface area contributed by atoms with Crippen molar-refractivity contribution < 1.29 is 9.78 Å². The van der Waals surface area contributed by atoms with Crippen LogP contribution in [0.3, 0.4) is 0 Å². The second-order valence-corrected chi connectivity index (χ2v) is 6.70. The summed E-state index contributed by atoms with van der Waals surface area (Å²) in [6, 6.07) is 0. The van der Waals surface area contributed by atoms with Crippen LogP contribution in [0.1, 0.15) is 43.6 Å². The number of nitrogens with two attached hydrogens (primary N) is 1. The molecule has 2 rings (SSSR count). The molecule has 0 unspecified atom stereocenters. The molecule has 8 heteroatoms. The highest BCUT2D eigenvalue weighted by atomic mass is 35.5. The summed E-state index contributed by atoms with van der Waals surface area (Å²) < 4.78 is 0. The lowest BCUT2D eigenvalue weighted by Crippen LogP contribution is -2.32. The number of pyridine rings is 1. The van der Waals surface area contributed by atoms with Crippen LogP contribution in [0, 0.1) is 11.8 Å². The van der Waals surface area contributed by atoms with Crippen LogP contribution in [0.15, 0.2) is 5.10 Å². The van der Waals surface area contributed by atoms with Gasteiger partial charge >= 0.3 is 5.91 Å². The van der Waals surface area contributed by atoms with Crippen LogP contribution in [0.2, 0.25) is 15.2 Å². The first-order valence-electron chi connectivity index (χ1n) is 7.06. The van der Waals surface area contributed by atoms with Crippen molar-refractivity contribution in [3.05, 3.63) is 20.9 Å². The lowest BCUT2D eigenvalue weighted by molar-refractivity contribution is -0.379. The summed E-state index contributed by atoms with van der Waals surface area (Å²) in [4.78, 5) is 14.9. The maximum Gasteiger partial charge on any atom is 0.337 e. The fourth-order valence-electron chi connectivity index (χ4n) is 2.63. The van der Waals surface area contributed by atoms with Crippen LogP contribution in [0.5, 0.6) is 0 Å². The van der Waals surface area contributed by atoms with Gasteiger partial charge in [-0.05, 0) is 36.3 Å². The van der Waals surface area contributed by atoms with E-state index in [0.29, 0.717) is 11.8 Å². The Morgan fingerprint density at radius 3 is 2.41 bits per heavy atom. The number of carbonyl (C=O) groups excluding carboxylic acids is 1. The Morgan fingerprint density at radius 2 is 1.82 bits per heavy atom. The molecule has 2 atom stereocenters. The Bertz CT molecular complexity index is 621. The zero-order valence-electron chi connectivity index (χ0n) is 12.3. The number of rotatable bonds is 2.